The maximum Gasteiger partial charge on any atom is 4.00 e. The van der Waals surface area contributed by atoms with E-state index in [1.54, 1.807) is 0 Å². The molecule has 0 N–H and O–H groups in total. The van der Waals surface area contributed by atoms with E-state index in [9.17, 15) is 0 Å². The zero-order chi connectivity index (χ0) is 26.8. The minimum atomic E-state index is 0. The Balaban J connectivity index is 0.000000341. The summed E-state index contributed by atoms with van der Waals surface area (Å²) in [6.45, 7) is 20.4. The summed E-state index contributed by atoms with van der Waals surface area (Å²) in [6, 6.07) is 35.4. The number of halogens is 2. The van der Waals surface area contributed by atoms with Crippen molar-refractivity contribution >= 4 is 67.9 Å². The first-order chi connectivity index (χ1) is 17.5. The molecule has 0 bridgehead atoms. The van der Waals surface area contributed by atoms with Gasteiger partial charge in [-0.25, -0.2) is 0 Å². The van der Waals surface area contributed by atoms with Gasteiger partial charge in [-0.3, -0.25) is 0 Å². The zero-order valence-corrected chi connectivity index (χ0v) is 29.9. The molecule has 3 heteroatoms. The van der Waals surface area contributed by atoms with Crippen LogP contribution in [0.25, 0.3) is 43.1 Å². The van der Waals surface area contributed by atoms with Crippen LogP contribution >= 0.6 is 24.8 Å². The van der Waals surface area contributed by atoms with E-state index in [0.29, 0.717) is 0 Å². The molecule has 0 aromatic heterocycles. The van der Waals surface area contributed by atoms with Crippen LogP contribution in [0.3, 0.4) is 0 Å². The number of benzene rings is 4. The SMILES string of the molecule is CC(C)(C)c1cc2c(ccc3ccccc32)[cH-]1.CC(C)(C)c1cc2c(ccc3ccccc32)[cH-]1.Cl.Cl.[CH2-]C[CH2-].[Hf+4]. The normalized spacial score (nSPS) is 11.0. The maximum atomic E-state index is 3.38. The van der Waals surface area contributed by atoms with E-state index < -0.39 is 0 Å². The summed E-state index contributed by atoms with van der Waals surface area (Å²) in [5, 5.41) is 10.8. The molecular formula is C37H42Cl2Hf. The Labute approximate surface area is 272 Å². The van der Waals surface area contributed by atoms with Crippen LogP contribution < -0.4 is 0 Å². The molecule has 0 saturated heterocycles. The summed E-state index contributed by atoms with van der Waals surface area (Å²) in [4.78, 5) is 0. The van der Waals surface area contributed by atoms with Crippen molar-refractivity contribution < 1.29 is 25.8 Å². The number of hydrogen-bond donors (Lipinski definition) is 0. The molecule has 0 amide bonds. The molecule has 6 rings (SSSR count). The molecule has 6 aromatic carbocycles. The molecule has 0 unspecified atom stereocenters. The van der Waals surface area contributed by atoms with Crippen molar-refractivity contribution in [3.05, 3.63) is 122 Å². The standard InChI is InChI=1S/2C17H17.C3H6.2ClH.Hf/c2*1-17(2,3)14-10-13-9-8-12-6-4-5-7-15(12)16(13)11-14;1-3-2;;;/h2*4-11H,1-3H3;1-3H2;2*1H;/q2*-1;-2;;;+4. The predicted octanol–water partition coefficient (Wildman–Crippen LogP) is 11.9. The van der Waals surface area contributed by atoms with Crippen LogP contribution in [0.1, 0.15) is 59.1 Å². The Morgan fingerprint density at radius 1 is 0.525 bits per heavy atom. The number of fused-ring (bicyclic) bond motifs is 6. The van der Waals surface area contributed by atoms with Gasteiger partial charge in [0.05, 0.1) is 0 Å². The molecule has 0 fully saturated rings. The largest absolute Gasteiger partial charge is 4.00 e. The minimum absolute atomic E-state index is 0. The van der Waals surface area contributed by atoms with Gasteiger partial charge in [0.15, 0.2) is 0 Å². The summed E-state index contributed by atoms with van der Waals surface area (Å²) >= 11 is 0. The second-order valence-corrected chi connectivity index (χ2v) is 11.9. The fourth-order valence-electron chi connectivity index (χ4n) is 4.79. The van der Waals surface area contributed by atoms with Gasteiger partial charge in [0.2, 0.25) is 0 Å². The summed E-state index contributed by atoms with van der Waals surface area (Å²) in [7, 11) is 0. The Morgan fingerprint density at radius 2 is 0.850 bits per heavy atom. The van der Waals surface area contributed by atoms with Crippen LogP contribution in [0.5, 0.6) is 0 Å². The molecule has 208 valence electrons. The molecule has 0 saturated carbocycles. The van der Waals surface area contributed by atoms with Crippen LogP contribution in [0, 0.1) is 13.8 Å². The molecule has 40 heavy (non-hydrogen) atoms. The summed E-state index contributed by atoms with van der Waals surface area (Å²) in [5.41, 5.74) is 3.29. The van der Waals surface area contributed by atoms with Crippen molar-refractivity contribution in [1.82, 2.24) is 0 Å². The average molecular weight is 736 g/mol. The monoisotopic (exact) mass is 736 g/mol. The molecule has 0 radical (unpaired) electrons. The van der Waals surface area contributed by atoms with Crippen molar-refractivity contribution in [3.63, 3.8) is 0 Å². The van der Waals surface area contributed by atoms with Gasteiger partial charge >= 0.3 is 25.8 Å². The van der Waals surface area contributed by atoms with Gasteiger partial charge in [-0.2, -0.15) is 12.1 Å². The molecule has 0 aliphatic heterocycles. The van der Waals surface area contributed by atoms with Gasteiger partial charge in [-0.05, 0) is 21.6 Å². The number of hydrogen-bond acceptors (Lipinski definition) is 0. The molecule has 0 aliphatic carbocycles. The van der Waals surface area contributed by atoms with E-state index in [-0.39, 0.29) is 61.5 Å². The van der Waals surface area contributed by atoms with Gasteiger partial charge < -0.3 is 20.3 Å². The zero-order valence-electron chi connectivity index (χ0n) is 24.7. The fourth-order valence-corrected chi connectivity index (χ4v) is 4.79. The molecule has 0 nitrogen and oxygen atoms in total. The first kappa shape index (κ1) is 36.1. The summed E-state index contributed by atoms with van der Waals surface area (Å²) < 4.78 is 0. The van der Waals surface area contributed by atoms with Crippen LogP contribution in [0.2, 0.25) is 0 Å². The Morgan fingerprint density at radius 3 is 1.18 bits per heavy atom. The third-order valence-corrected chi connectivity index (χ3v) is 6.96. The molecule has 0 spiro atoms. The summed E-state index contributed by atoms with van der Waals surface area (Å²) in [5.74, 6) is 0. The smallest absolute Gasteiger partial charge is 0.372 e. The first-order valence-corrected chi connectivity index (χ1v) is 13.3. The van der Waals surface area contributed by atoms with Crippen LogP contribution in [0.15, 0.2) is 97.1 Å². The third kappa shape index (κ3) is 8.09. The molecule has 0 heterocycles. The second-order valence-electron chi connectivity index (χ2n) is 11.9. The average Bonchev–Trinajstić information content (AvgIpc) is 3.50. The van der Waals surface area contributed by atoms with Crippen LogP contribution in [-0.4, -0.2) is 0 Å². The minimum Gasteiger partial charge on any atom is -0.372 e. The van der Waals surface area contributed by atoms with Gasteiger partial charge in [-0.1, -0.05) is 113 Å². The van der Waals surface area contributed by atoms with Crippen molar-refractivity contribution in [1.29, 1.82) is 0 Å². The summed E-state index contributed by atoms with van der Waals surface area (Å²) in [6.07, 6.45) is 0.750. The predicted molar refractivity (Wildman–Crippen MR) is 181 cm³/mol. The van der Waals surface area contributed by atoms with E-state index in [4.69, 9.17) is 0 Å². The quantitative estimate of drug-likeness (QED) is 0.108. The van der Waals surface area contributed by atoms with Gasteiger partial charge in [0, 0.05) is 0 Å². The molecule has 6 aromatic rings. The van der Waals surface area contributed by atoms with Gasteiger partial charge in [-0.15, -0.1) is 81.8 Å². The van der Waals surface area contributed by atoms with Crippen LogP contribution in [0.4, 0.5) is 0 Å². The van der Waals surface area contributed by atoms with E-state index in [1.807, 2.05) is 0 Å². The van der Waals surface area contributed by atoms with Gasteiger partial charge in [0.1, 0.15) is 0 Å². The Kier molecular flexibility index (Phi) is 13.4. The maximum absolute atomic E-state index is 3.38. The van der Waals surface area contributed by atoms with E-state index in [0.717, 1.165) is 6.42 Å². The van der Waals surface area contributed by atoms with Crippen molar-refractivity contribution in [3.8, 4) is 0 Å². The van der Waals surface area contributed by atoms with Crippen molar-refractivity contribution in [2.24, 2.45) is 0 Å². The number of rotatable bonds is 0. The second kappa shape index (κ2) is 14.8. The van der Waals surface area contributed by atoms with E-state index >= 15 is 0 Å². The Hall–Kier alpha value is -1.93. The van der Waals surface area contributed by atoms with Crippen LogP contribution in [-0.2, 0) is 36.7 Å². The molecule has 0 aliphatic rings. The first-order valence-electron chi connectivity index (χ1n) is 13.3. The van der Waals surface area contributed by atoms with Crippen molar-refractivity contribution in [2.75, 3.05) is 0 Å². The van der Waals surface area contributed by atoms with Gasteiger partial charge in [0.25, 0.3) is 0 Å². The topological polar surface area (TPSA) is 0 Å². The van der Waals surface area contributed by atoms with E-state index in [2.05, 4.69) is 152 Å². The Bertz CT molecular complexity index is 1510. The molecular weight excluding hydrogens is 694 g/mol. The third-order valence-electron chi connectivity index (χ3n) is 6.96. The molecule has 0 atom stereocenters. The van der Waals surface area contributed by atoms with E-state index in [1.165, 1.54) is 54.2 Å². The fraction of sp³-hybridized carbons (Fsp3) is 0.243. The van der Waals surface area contributed by atoms with Crippen molar-refractivity contribution in [2.45, 2.75) is 58.8 Å².